The van der Waals surface area contributed by atoms with Gasteiger partial charge in [0.1, 0.15) is 6.61 Å². The maximum Gasteiger partial charge on any atom is 0.294 e. The van der Waals surface area contributed by atoms with E-state index < -0.39 is 11.7 Å². The molecule has 0 aliphatic rings. The summed E-state index contributed by atoms with van der Waals surface area (Å²) < 4.78 is 18.7. The number of amides is 1. The number of hydrazine groups is 1. The summed E-state index contributed by atoms with van der Waals surface area (Å²) in [5.41, 5.74) is 2.46. The first kappa shape index (κ1) is 13.7. The molecule has 0 spiro atoms. The van der Waals surface area contributed by atoms with Crippen LogP contribution in [0.4, 0.5) is 4.39 Å². The van der Waals surface area contributed by atoms with Crippen LogP contribution in [0.2, 0.25) is 5.02 Å². The summed E-state index contributed by atoms with van der Waals surface area (Å²) in [7, 11) is 0. The van der Waals surface area contributed by atoms with E-state index in [0.717, 1.165) is 11.3 Å². The van der Waals surface area contributed by atoms with Crippen molar-refractivity contribution in [2.24, 2.45) is 5.84 Å². The van der Waals surface area contributed by atoms with E-state index in [0.29, 0.717) is 5.69 Å². The summed E-state index contributed by atoms with van der Waals surface area (Å²) >= 11 is 6.93. The van der Waals surface area contributed by atoms with Gasteiger partial charge in [0.15, 0.2) is 16.6 Å². The minimum Gasteiger partial charge on any atom is -0.483 e. The second kappa shape index (κ2) is 5.96. The second-order valence-corrected chi connectivity index (χ2v) is 4.72. The number of halogens is 2. The molecule has 2 aromatic rings. The topological polar surface area (TPSA) is 77.2 Å². The third-order valence-electron chi connectivity index (χ3n) is 2.16. The average molecular weight is 302 g/mol. The Morgan fingerprint density at radius 2 is 2.37 bits per heavy atom. The highest BCUT2D eigenvalue weighted by atomic mass is 35.5. The lowest BCUT2D eigenvalue weighted by Gasteiger charge is -2.06. The number of benzene rings is 1. The number of carbonyl (C=O) groups is 1. The number of nitrogen functional groups attached to an aromatic ring is 1. The van der Waals surface area contributed by atoms with Gasteiger partial charge in [-0.1, -0.05) is 17.7 Å². The van der Waals surface area contributed by atoms with E-state index in [4.69, 9.17) is 22.2 Å². The fourth-order valence-corrected chi connectivity index (χ4v) is 2.23. The summed E-state index contributed by atoms with van der Waals surface area (Å²) in [6.45, 7) is 0.00893. The summed E-state index contributed by atoms with van der Waals surface area (Å²) in [6.07, 6.45) is 0. The first-order valence-electron chi connectivity index (χ1n) is 5.14. The normalized spacial score (nSPS) is 10.3. The van der Waals surface area contributed by atoms with Gasteiger partial charge in [-0.3, -0.25) is 10.2 Å². The Hall–Kier alpha value is -1.70. The number of aromatic nitrogens is 1. The van der Waals surface area contributed by atoms with Crippen molar-refractivity contribution in [2.75, 3.05) is 0 Å². The van der Waals surface area contributed by atoms with Gasteiger partial charge in [-0.25, -0.2) is 15.2 Å². The quantitative estimate of drug-likeness (QED) is 0.515. The number of ether oxygens (including phenoxy) is 1. The highest BCUT2D eigenvalue weighted by Gasteiger charge is 2.12. The fourth-order valence-electron chi connectivity index (χ4n) is 1.31. The van der Waals surface area contributed by atoms with Gasteiger partial charge in [0.25, 0.3) is 5.91 Å². The Labute approximate surface area is 117 Å². The van der Waals surface area contributed by atoms with E-state index >= 15 is 0 Å². The van der Waals surface area contributed by atoms with Gasteiger partial charge in [0.05, 0.1) is 10.7 Å². The fraction of sp³-hybridized carbons (Fsp3) is 0.0909. The monoisotopic (exact) mass is 301 g/mol. The third-order valence-corrected chi connectivity index (χ3v) is 3.35. The number of nitrogens with two attached hydrogens (primary N) is 1. The molecule has 100 valence electrons. The van der Waals surface area contributed by atoms with Crippen LogP contribution in [0.5, 0.6) is 5.75 Å². The summed E-state index contributed by atoms with van der Waals surface area (Å²) in [6, 6.07) is 4.25. The zero-order valence-electron chi connectivity index (χ0n) is 9.52. The number of para-hydroxylation sites is 1. The molecule has 5 nitrogen and oxygen atoms in total. The van der Waals surface area contributed by atoms with Crippen LogP contribution in [0, 0.1) is 5.82 Å². The van der Waals surface area contributed by atoms with E-state index in [9.17, 15) is 9.18 Å². The molecule has 0 aliphatic carbocycles. The summed E-state index contributed by atoms with van der Waals surface area (Å²) in [5.74, 6) is 3.91. The first-order valence-corrected chi connectivity index (χ1v) is 6.39. The van der Waals surface area contributed by atoms with Crippen LogP contribution in [0.1, 0.15) is 15.5 Å². The number of nitrogens with zero attached hydrogens (tertiary/aromatic N) is 1. The molecule has 0 fully saturated rings. The molecule has 0 bridgehead atoms. The van der Waals surface area contributed by atoms with Crippen LogP contribution >= 0.6 is 22.9 Å². The van der Waals surface area contributed by atoms with E-state index in [1.807, 2.05) is 5.43 Å². The van der Waals surface area contributed by atoms with Crippen molar-refractivity contribution in [1.29, 1.82) is 0 Å². The standard InChI is InChI=1S/C11H9ClFN3O2S/c12-7-2-1-3-8(13)9(7)18-4-6-5-19-11(15-6)10(17)16-14/h1-3,5H,4,14H2,(H,16,17). The van der Waals surface area contributed by atoms with E-state index in [-0.39, 0.29) is 22.4 Å². The van der Waals surface area contributed by atoms with Gasteiger partial charge < -0.3 is 4.74 Å². The number of hydrogen-bond donors (Lipinski definition) is 2. The smallest absolute Gasteiger partial charge is 0.294 e. The Morgan fingerprint density at radius 1 is 1.58 bits per heavy atom. The third kappa shape index (κ3) is 3.19. The molecule has 1 amide bonds. The number of hydrogen-bond acceptors (Lipinski definition) is 5. The summed E-state index contributed by atoms with van der Waals surface area (Å²) in [4.78, 5) is 15.2. The molecule has 0 unspecified atom stereocenters. The Balaban J connectivity index is 2.07. The second-order valence-electron chi connectivity index (χ2n) is 3.46. The van der Waals surface area contributed by atoms with Crippen molar-refractivity contribution >= 4 is 28.8 Å². The van der Waals surface area contributed by atoms with Crippen LogP contribution in [0.25, 0.3) is 0 Å². The highest BCUT2D eigenvalue weighted by Crippen LogP contribution is 2.28. The molecule has 0 saturated carbocycles. The van der Waals surface area contributed by atoms with Gasteiger partial charge >= 0.3 is 0 Å². The highest BCUT2D eigenvalue weighted by molar-refractivity contribution is 7.11. The predicted octanol–water partition coefficient (Wildman–Crippen LogP) is 2.12. The molecule has 0 aliphatic heterocycles. The van der Waals surface area contributed by atoms with Crippen LogP contribution in [-0.2, 0) is 6.61 Å². The van der Waals surface area contributed by atoms with Gasteiger partial charge in [-0.05, 0) is 12.1 Å². The molecule has 2 rings (SSSR count). The lowest BCUT2D eigenvalue weighted by atomic mass is 10.3. The van der Waals surface area contributed by atoms with Gasteiger partial charge in [-0.2, -0.15) is 0 Å². The Morgan fingerprint density at radius 3 is 3.05 bits per heavy atom. The van der Waals surface area contributed by atoms with Crippen molar-refractivity contribution < 1.29 is 13.9 Å². The van der Waals surface area contributed by atoms with Crippen LogP contribution in [-0.4, -0.2) is 10.9 Å². The number of rotatable bonds is 4. The number of thiazole rings is 1. The van der Waals surface area contributed by atoms with Crippen LogP contribution < -0.4 is 16.0 Å². The average Bonchev–Trinajstić information content (AvgIpc) is 2.86. The van der Waals surface area contributed by atoms with Crippen molar-refractivity contribution in [3.05, 3.63) is 45.1 Å². The van der Waals surface area contributed by atoms with Crippen LogP contribution in [0.3, 0.4) is 0 Å². The molecule has 0 atom stereocenters. The molecular weight excluding hydrogens is 293 g/mol. The zero-order valence-corrected chi connectivity index (χ0v) is 11.1. The minimum atomic E-state index is -0.553. The summed E-state index contributed by atoms with van der Waals surface area (Å²) in [5, 5.41) is 2.01. The maximum absolute atomic E-state index is 13.4. The largest absolute Gasteiger partial charge is 0.483 e. The molecule has 3 N–H and O–H groups in total. The van der Waals surface area contributed by atoms with E-state index in [1.54, 1.807) is 5.38 Å². The molecule has 1 heterocycles. The molecule has 1 aromatic carbocycles. The van der Waals surface area contributed by atoms with Gasteiger partial charge in [0, 0.05) is 5.38 Å². The number of carbonyl (C=O) groups excluding carboxylic acids is 1. The molecule has 19 heavy (non-hydrogen) atoms. The van der Waals surface area contributed by atoms with Crippen molar-refractivity contribution in [3.8, 4) is 5.75 Å². The van der Waals surface area contributed by atoms with Crippen LogP contribution in [0.15, 0.2) is 23.6 Å². The van der Waals surface area contributed by atoms with E-state index in [1.165, 1.54) is 18.2 Å². The maximum atomic E-state index is 13.4. The van der Waals surface area contributed by atoms with E-state index in [2.05, 4.69) is 4.98 Å². The lowest BCUT2D eigenvalue weighted by Crippen LogP contribution is -2.29. The molecular formula is C11H9ClFN3O2S. The minimum absolute atomic E-state index is 0.00893. The van der Waals surface area contributed by atoms with Crippen molar-refractivity contribution in [3.63, 3.8) is 0 Å². The predicted molar refractivity (Wildman–Crippen MR) is 69.5 cm³/mol. The Bertz CT molecular complexity index is 585. The Kier molecular flexibility index (Phi) is 4.31. The zero-order chi connectivity index (χ0) is 13.8. The molecule has 0 radical (unpaired) electrons. The van der Waals surface area contributed by atoms with Crippen molar-refractivity contribution in [2.45, 2.75) is 6.61 Å². The molecule has 1 aromatic heterocycles. The lowest BCUT2D eigenvalue weighted by molar-refractivity contribution is 0.0953. The molecule has 0 saturated heterocycles. The van der Waals surface area contributed by atoms with Gasteiger partial charge in [-0.15, -0.1) is 11.3 Å². The molecule has 8 heteroatoms. The van der Waals surface area contributed by atoms with Gasteiger partial charge in [0.2, 0.25) is 0 Å². The number of nitrogens with one attached hydrogen (secondary N) is 1. The van der Waals surface area contributed by atoms with Crippen molar-refractivity contribution in [1.82, 2.24) is 10.4 Å². The SMILES string of the molecule is NNC(=O)c1nc(COc2c(F)cccc2Cl)cs1. The first-order chi connectivity index (χ1) is 9.11.